The first-order chi connectivity index (χ1) is 16.6. The quantitative estimate of drug-likeness (QED) is 0.102. The number of fused-ring (bicyclic) bond motifs is 1. The summed E-state index contributed by atoms with van der Waals surface area (Å²) in [6.45, 7) is 2.26. The number of carboxylic acid groups (broad SMARTS) is 1. The molecule has 0 saturated heterocycles. The zero-order chi connectivity index (χ0) is 24.6. The smallest absolute Gasteiger partial charge is 0.336 e. The molecular weight excluding hydrogens is 539 g/mol. The summed E-state index contributed by atoms with van der Waals surface area (Å²) in [6.07, 6.45) is 19.9. The summed E-state index contributed by atoms with van der Waals surface area (Å²) in [6, 6.07) is 8.57. The Morgan fingerprint density at radius 2 is 1.26 bits per heavy atom. The third-order valence-electron chi connectivity index (χ3n) is 6.59. The van der Waals surface area contributed by atoms with E-state index in [4.69, 9.17) is 0 Å². The van der Waals surface area contributed by atoms with Gasteiger partial charge < -0.3 is 5.11 Å². The van der Waals surface area contributed by atoms with Crippen LogP contribution in [0.4, 0.5) is 0 Å². The maximum atomic E-state index is 12.8. The lowest BCUT2D eigenvalue weighted by Crippen LogP contribution is -2.03. The highest BCUT2D eigenvalue weighted by Crippen LogP contribution is 2.27. The van der Waals surface area contributed by atoms with Gasteiger partial charge in [-0.05, 0) is 29.3 Å². The Labute approximate surface area is 215 Å². The Bertz CT molecular complexity index is 922. The largest absolute Gasteiger partial charge is 0.478 e. The van der Waals surface area contributed by atoms with E-state index in [0.29, 0.717) is 26.3 Å². The zero-order valence-electron chi connectivity index (χ0n) is 20.8. The number of carbonyl (C=O) groups is 2. The maximum absolute atomic E-state index is 12.8. The second-order valence-corrected chi connectivity index (χ2v) is 11.0. The fraction of sp³-hybridized carbons (Fsp3) is 0.586. The molecule has 0 unspecified atom stereocenters. The molecule has 0 bridgehead atoms. The number of benzene rings is 2. The lowest BCUT2D eigenvalue weighted by atomic mass is 9.96. The summed E-state index contributed by atoms with van der Waals surface area (Å²) >= 11 is -1.63. The summed E-state index contributed by atoms with van der Waals surface area (Å²) in [7, 11) is 0. The average molecular weight is 581 g/mol. The molecule has 0 atom stereocenters. The molecule has 0 heterocycles. The van der Waals surface area contributed by atoms with Crippen molar-refractivity contribution in [3.05, 3.63) is 45.0 Å². The van der Waals surface area contributed by atoms with Gasteiger partial charge in [0, 0.05) is 12.0 Å². The van der Waals surface area contributed by atoms with Crippen LogP contribution in [0, 0.1) is 3.57 Å². The number of carbonyl (C=O) groups excluding carboxylic acids is 1. The molecule has 2 aromatic rings. The highest BCUT2D eigenvalue weighted by atomic mass is 127. The first-order valence-electron chi connectivity index (χ1n) is 13.2. The van der Waals surface area contributed by atoms with Gasteiger partial charge >= 0.3 is 5.97 Å². The van der Waals surface area contributed by atoms with Crippen molar-refractivity contribution in [2.45, 2.75) is 110 Å². The van der Waals surface area contributed by atoms with Crippen LogP contribution in [-0.2, 0) is 3.07 Å². The minimum absolute atomic E-state index is 0.0716. The Kier molecular flexibility index (Phi) is 14.2. The van der Waals surface area contributed by atoms with Crippen LogP contribution in [0.3, 0.4) is 0 Å². The summed E-state index contributed by atoms with van der Waals surface area (Å²) in [5, 5.41) is 10.8. The zero-order valence-corrected chi connectivity index (χ0v) is 22.9. The fourth-order valence-electron chi connectivity index (χ4n) is 4.56. The highest BCUT2D eigenvalue weighted by molar-refractivity contribution is 14.1. The summed E-state index contributed by atoms with van der Waals surface area (Å²) in [4.78, 5) is 24.2. The van der Waals surface area contributed by atoms with Crippen LogP contribution < -0.4 is 0 Å². The summed E-state index contributed by atoms with van der Waals surface area (Å²) in [5.74, 6) is -1.000. The molecule has 4 nitrogen and oxygen atoms in total. The first kappa shape index (κ1) is 28.6. The van der Waals surface area contributed by atoms with Gasteiger partial charge in [-0.3, -0.25) is 7.86 Å². The molecule has 1 N–H and O–H groups in total. The Morgan fingerprint density at radius 1 is 0.735 bits per heavy atom. The van der Waals surface area contributed by atoms with Crippen molar-refractivity contribution in [1.29, 1.82) is 0 Å². The standard InChI is InChI=1S/C29H41IO4/c1-2-3-4-5-6-7-8-9-10-11-12-13-14-15-16-20-28(31)24-19-17-18-23-21-26(29(32)33)27(30-34)22-25(23)24/h17-19,21-22H,2-16,20H2,1H3,(H,32,33). The molecule has 0 aliphatic rings. The second kappa shape index (κ2) is 16.9. The Morgan fingerprint density at radius 3 is 1.76 bits per heavy atom. The predicted molar refractivity (Wildman–Crippen MR) is 148 cm³/mol. The van der Waals surface area contributed by atoms with E-state index >= 15 is 0 Å². The molecule has 0 amide bonds. The predicted octanol–water partition coefficient (Wildman–Crippen LogP) is 9.47. The van der Waals surface area contributed by atoms with E-state index in [0.717, 1.165) is 12.8 Å². The number of halogens is 1. The van der Waals surface area contributed by atoms with Crippen LogP contribution in [0.15, 0.2) is 30.3 Å². The average Bonchev–Trinajstić information content (AvgIpc) is 2.84. The minimum atomic E-state index is -1.63. The second-order valence-electron chi connectivity index (χ2n) is 9.36. The number of hydrogen-bond donors (Lipinski definition) is 1. The van der Waals surface area contributed by atoms with E-state index < -0.39 is 27.2 Å². The third kappa shape index (κ3) is 9.93. The molecule has 34 heavy (non-hydrogen) atoms. The van der Waals surface area contributed by atoms with Gasteiger partial charge in [0.15, 0.2) is 27.0 Å². The molecule has 0 saturated carbocycles. The molecule has 0 aliphatic heterocycles. The van der Waals surface area contributed by atoms with Crippen molar-refractivity contribution in [3.63, 3.8) is 0 Å². The normalized spacial score (nSPS) is 11.2. The van der Waals surface area contributed by atoms with Gasteiger partial charge in [-0.1, -0.05) is 115 Å². The number of rotatable bonds is 19. The highest BCUT2D eigenvalue weighted by Gasteiger charge is 2.16. The van der Waals surface area contributed by atoms with Crippen molar-refractivity contribution in [3.8, 4) is 0 Å². The molecule has 5 heteroatoms. The van der Waals surface area contributed by atoms with Gasteiger partial charge in [0.05, 0.1) is 9.13 Å². The van der Waals surface area contributed by atoms with E-state index in [1.807, 2.05) is 0 Å². The van der Waals surface area contributed by atoms with Crippen molar-refractivity contribution in [2.24, 2.45) is 0 Å². The van der Waals surface area contributed by atoms with Gasteiger partial charge in [0.1, 0.15) is 0 Å². The van der Waals surface area contributed by atoms with Gasteiger partial charge in [-0.2, -0.15) is 0 Å². The third-order valence-corrected chi connectivity index (χ3v) is 7.96. The van der Waals surface area contributed by atoms with E-state index in [1.54, 1.807) is 24.3 Å². The topological polar surface area (TPSA) is 71.4 Å². The number of hydrogen-bond acceptors (Lipinski definition) is 3. The number of carboxylic acids is 1. The fourth-order valence-corrected chi connectivity index (χ4v) is 5.62. The van der Waals surface area contributed by atoms with Crippen LogP contribution >= 0.6 is 21.2 Å². The van der Waals surface area contributed by atoms with Crippen LogP contribution in [0.1, 0.15) is 130 Å². The van der Waals surface area contributed by atoms with Gasteiger partial charge in [-0.15, -0.1) is 0 Å². The molecule has 0 aliphatic carbocycles. The molecule has 0 radical (unpaired) electrons. The minimum Gasteiger partial charge on any atom is -0.478 e. The van der Waals surface area contributed by atoms with Gasteiger partial charge in [0.25, 0.3) is 0 Å². The van der Waals surface area contributed by atoms with Crippen LogP contribution in [-0.4, -0.2) is 16.9 Å². The molecule has 188 valence electrons. The number of Topliss-reactive ketones (excluding diaryl/α,β-unsaturated/α-hetero) is 1. The maximum Gasteiger partial charge on any atom is 0.336 e. The van der Waals surface area contributed by atoms with Gasteiger partial charge in [-0.25, -0.2) is 4.79 Å². The lowest BCUT2D eigenvalue weighted by Gasteiger charge is -2.08. The Hall–Kier alpha value is -1.63. The molecule has 2 rings (SSSR count). The van der Waals surface area contributed by atoms with E-state index in [-0.39, 0.29) is 11.3 Å². The Balaban J connectivity index is 1.63. The van der Waals surface area contributed by atoms with Crippen LogP contribution in [0.2, 0.25) is 0 Å². The van der Waals surface area contributed by atoms with Crippen LogP contribution in [0.25, 0.3) is 10.8 Å². The molecular formula is C29H41IO4. The number of aromatic carboxylic acids is 1. The number of unbranched alkanes of at least 4 members (excludes halogenated alkanes) is 14. The monoisotopic (exact) mass is 580 g/mol. The van der Waals surface area contributed by atoms with Crippen LogP contribution in [0.5, 0.6) is 0 Å². The number of ketones is 1. The SMILES string of the molecule is CCCCCCCCCCCCCCCCCC(=O)c1cccc2cc(C(=O)O)c(I=O)cc12. The molecule has 0 spiro atoms. The van der Waals surface area contributed by atoms with E-state index in [1.165, 1.54) is 89.5 Å². The van der Waals surface area contributed by atoms with Crippen molar-refractivity contribution in [1.82, 2.24) is 0 Å². The van der Waals surface area contributed by atoms with E-state index in [2.05, 4.69) is 6.92 Å². The summed E-state index contributed by atoms with van der Waals surface area (Å²) in [5.41, 5.74) is 0.681. The van der Waals surface area contributed by atoms with Gasteiger partial charge in [0.2, 0.25) is 0 Å². The van der Waals surface area contributed by atoms with Crippen molar-refractivity contribution in [2.75, 3.05) is 0 Å². The van der Waals surface area contributed by atoms with E-state index in [9.17, 15) is 17.8 Å². The molecule has 0 aromatic heterocycles. The lowest BCUT2D eigenvalue weighted by molar-refractivity contribution is 0.0695. The molecule has 2 aromatic carbocycles. The molecule has 0 fully saturated rings. The first-order valence-corrected chi connectivity index (χ1v) is 15.1. The summed E-state index contributed by atoms with van der Waals surface area (Å²) < 4.78 is 11.9. The van der Waals surface area contributed by atoms with Crippen molar-refractivity contribution < 1.29 is 17.8 Å². The van der Waals surface area contributed by atoms with Crippen molar-refractivity contribution >= 4 is 43.7 Å².